The van der Waals surface area contributed by atoms with Gasteiger partial charge in [-0.2, -0.15) is 0 Å². The maximum absolute atomic E-state index is 12.5. The predicted molar refractivity (Wildman–Crippen MR) is 96.1 cm³/mol. The lowest BCUT2D eigenvalue weighted by Crippen LogP contribution is -3.12. The van der Waals surface area contributed by atoms with Crippen molar-refractivity contribution in [3.63, 3.8) is 0 Å². The molecule has 3 aromatic rings. The number of likely N-dealkylation sites (N-methyl/N-ethyl adjacent to an activating group) is 1. The molecule has 2 N–H and O–H groups in total. The van der Waals surface area contributed by atoms with Gasteiger partial charge in [0.25, 0.3) is 5.91 Å². The van der Waals surface area contributed by atoms with E-state index in [4.69, 9.17) is 4.42 Å². The maximum atomic E-state index is 12.5. The van der Waals surface area contributed by atoms with Crippen molar-refractivity contribution < 1.29 is 14.1 Å². The van der Waals surface area contributed by atoms with Crippen LogP contribution in [0.15, 0.2) is 59.0 Å². The number of carbonyl (C=O) groups is 1. The third-order valence-electron chi connectivity index (χ3n) is 4.40. The van der Waals surface area contributed by atoms with Crippen LogP contribution in [-0.4, -0.2) is 19.0 Å². The van der Waals surface area contributed by atoms with Crippen LogP contribution in [0.4, 0.5) is 5.69 Å². The Bertz CT molecular complexity index is 853. The number of fused-ring (bicyclic) bond motifs is 1. The fraction of sp³-hybridized carbons (Fsp3) is 0.250. The SMILES string of the molecule is Cc1ccc(C[NH+](C)[C@@H](C)C(=O)Nc2ccc3ccccc3c2)o1. The van der Waals surface area contributed by atoms with E-state index in [-0.39, 0.29) is 11.9 Å². The summed E-state index contributed by atoms with van der Waals surface area (Å²) >= 11 is 0. The van der Waals surface area contributed by atoms with E-state index in [0.717, 1.165) is 27.5 Å². The summed E-state index contributed by atoms with van der Waals surface area (Å²) < 4.78 is 5.60. The standard InChI is InChI=1S/C20H22N2O2/c1-14-8-11-19(24-14)13-22(3)15(2)20(23)21-18-10-9-16-6-4-5-7-17(16)12-18/h4-12,15H,13H2,1-3H3,(H,21,23)/p+1/t15-/m0/s1. The molecule has 4 nitrogen and oxygen atoms in total. The highest BCUT2D eigenvalue weighted by Gasteiger charge is 2.23. The molecular formula is C20H23N2O2+. The summed E-state index contributed by atoms with van der Waals surface area (Å²) in [7, 11) is 2.00. The Kier molecular flexibility index (Phi) is 4.67. The zero-order chi connectivity index (χ0) is 17.1. The van der Waals surface area contributed by atoms with Crippen LogP contribution in [0.2, 0.25) is 0 Å². The van der Waals surface area contributed by atoms with Gasteiger partial charge in [-0.1, -0.05) is 30.3 Å². The minimum Gasteiger partial charge on any atom is -0.460 e. The number of amides is 1. The van der Waals surface area contributed by atoms with Gasteiger partial charge in [-0.05, 0) is 48.9 Å². The van der Waals surface area contributed by atoms with E-state index in [9.17, 15) is 4.79 Å². The van der Waals surface area contributed by atoms with E-state index in [2.05, 4.69) is 11.4 Å². The molecule has 2 aromatic carbocycles. The normalized spacial score (nSPS) is 13.6. The molecule has 4 heteroatoms. The van der Waals surface area contributed by atoms with E-state index in [1.807, 2.05) is 69.4 Å². The summed E-state index contributed by atoms with van der Waals surface area (Å²) in [5.74, 6) is 1.80. The molecule has 24 heavy (non-hydrogen) atoms. The molecule has 0 bridgehead atoms. The van der Waals surface area contributed by atoms with Crippen LogP contribution in [-0.2, 0) is 11.3 Å². The third-order valence-corrected chi connectivity index (χ3v) is 4.40. The second-order valence-electron chi connectivity index (χ2n) is 6.31. The van der Waals surface area contributed by atoms with Crippen LogP contribution in [0.5, 0.6) is 0 Å². The van der Waals surface area contributed by atoms with Crippen LogP contribution >= 0.6 is 0 Å². The molecule has 0 aliphatic rings. The van der Waals surface area contributed by atoms with E-state index in [1.54, 1.807) is 0 Å². The Morgan fingerprint density at radius 1 is 1.12 bits per heavy atom. The molecular weight excluding hydrogens is 300 g/mol. The van der Waals surface area contributed by atoms with Crippen molar-refractivity contribution in [3.05, 3.63) is 66.1 Å². The van der Waals surface area contributed by atoms with Crippen molar-refractivity contribution >= 4 is 22.4 Å². The molecule has 0 saturated heterocycles. The third kappa shape index (κ3) is 3.66. The number of quaternary nitrogens is 1. The Balaban J connectivity index is 1.66. The van der Waals surface area contributed by atoms with Gasteiger partial charge in [0.15, 0.2) is 11.8 Å². The number of hydrogen-bond donors (Lipinski definition) is 2. The lowest BCUT2D eigenvalue weighted by molar-refractivity contribution is -0.908. The van der Waals surface area contributed by atoms with Crippen molar-refractivity contribution in [3.8, 4) is 0 Å². The second-order valence-corrected chi connectivity index (χ2v) is 6.31. The molecule has 1 amide bonds. The minimum atomic E-state index is -0.179. The minimum absolute atomic E-state index is 0.00561. The Hall–Kier alpha value is -2.59. The monoisotopic (exact) mass is 323 g/mol. The van der Waals surface area contributed by atoms with Gasteiger partial charge in [0, 0.05) is 5.69 Å². The number of nitrogens with one attached hydrogen (secondary N) is 2. The molecule has 1 aromatic heterocycles. The topological polar surface area (TPSA) is 46.7 Å². The molecule has 0 aliphatic carbocycles. The number of carbonyl (C=O) groups excluding carboxylic acids is 1. The van der Waals surface area contributed by atoms with Crippen molar-refractivity contribution in [1.29, 1.82) is 0 Å². The smallest absolute Gasteiger partial charge is 0.282 e. The van der Waals surface area contributed by atoms with Gasteiger partial charge in [-0.15, -0.1) is 0 Å². The largest absolute Gasteiger partial charge is 0.460 e. The van der Waals surface area contributed by atoms with Gasteiger partial charge >= 0.3 is 0 Å². The first-order valence-corrected chi connectivity index (χ1v) is 8.20. The van der Waals surface area contributed by atoms with Crippen LogP contribution in [0.25, 0.3) is 10.8 Å². The molecule has 3 rings (SSSR count). The fourth-order valence-corrected chi connectivity index (χ4v) is 2.75. The van der Waals surface area contributed by atoms with Crippen LogP contribution in [0.3, 0.4) is 0 Å². The van der Waals surface area contributed by atoms with Gasteiger partial charge in [0.2, 0.25) is 0 Å². The molecule has 2 atom stereocenters. The number of benzene rings is 2. The maximum Gasteiger partial charge on any atom is 0.282 e. The average Bonchev–Trinajstić information content (AvgIpc) is 2.98. The highest BCUT2D eigenvalue weighted by Crippen LogP contribution is 2.18. The van der Waals surface area contributed by atoms with Gasteiger partial charge < -0.3 is 14.6 Å². The van der Waals surface area contributed by atoms with Crippen LogP contribution < -0.4 is 10.2 Å². The van der Waals surface area contributed by atoms with Crippen molar-refractivity contribution in [2.45, 2.75) is 26.4 Å². The first kappa shape index (κ1) is 16.3. The number of furan rings is 1. The first-order valence-electron chi connectivity index (χ1n) is 8.20. The molecule has 1 unspecified atom stereocenters. The summed E-state index contributed by atoms with van der Waals surface area (Å²) in [5, 5.41) is 5.30. The summed E-state index contributed by atoms with van der Waals surface area (Å²) in [4.78, 5) is 13.6. The van der Waals surface area contributed by atoms with Crippen LogP contribution in [0, 0.1) is 6.92 Å². The summed E-state index contributed by atoms with van der Waals surface area (Å²) in [5.41, 5.74) is 0.826. The molecule has 0 spiro atoms. The summed E-state index contributed by atoms with van der Waals surface area (Å²) in [6, 6.07) is 17.8. The Morgan fingerprint density at radius 3 is 2.58 bits per heavy atom. The lowest BCUT2D eigenvalue weighted by Gasteiger charge is -2.20. The molecule has 124 valence electrons. The lowest BCUT2D eigenvalue weighted by atomic mass is 10.1. The molecule has 0 saturated carbocycles. The van der Waals surface area contributed by atoms with E-state index in [0.29, 0.717) is 6.54 Å². The highest BCUT2D eigenvalue weighted by atomic mass is 16.3. The quantitative estimate of drug-likeness (QED) is 0.758. The van der Waals surface area contributed by atoms with Gasteiger partial charge in [-0.25, -0.2) is 0 Å². The van der Waals surface area contributed by atoms with E-state index < -0.39 is 0 Å². The predicted octanol–water partition coefficient (Wildman–Crippen LogP) is 2.78. The zero-order valence-corrected chi connectivity index (χ0v) is 14.3. The number of rotatable bonds is 5. The molecule has 0 fully saturated rings. The molecule has 0 radical (unpaired) electrons. The zero-order valence-electron chi connectivity index (χ0n) is 14.3. The molecule has 0 aliphatic heterocycles. The van der Waals surface area contributed by atoms with Gasteiger partial charge in [0.1, 0.15) is 12.3 Å². The van der Waals surface area contributed by atoms with Crippen molar-refractivity contribution in [2.75, 3.05) is 12.4 Å². The van der Waals surface area contributed by atoms with Crippen molar-refractivity contribution in [1.82, 2.24) is 0 Å². The van der Waals surface area contributed by atoms with Crippen molar-refractivity contribution in [2.24, 2.45) is 0 Å². The first-order chi connectivity index (χ1) is 11.5. The number of aryl methyl sites for hydroxylation is 1. The Morgan fingerprint density at radius 2 is 1.88 bits per heavy atom. The summed E-state index contributed by atoms with van der Waals surface area (Å²) in [6.07, 6.45) is 0. The number of anilines is 1. The van der Waals surface area contributed by atoms with E-state index >= 15 is 0 Å². The summed E-state index contributed by atoms with van der Waals surface area (Å²) in [6.45, 7) is 4.54. The average molecular weight is 323 g/mol. The number of hydrogen-bond acceptors (Lipinski definition) is 2. The van der Waals surface area contributed by atoms with Crippen LogP contribution in [0.1, 0.15) is 18.4 Å². The Labute approximate surface area is 142 Å². The second kappa shape index (κ2) is 6.89. The fourth-order valence-electron chi connectivity index (χ4n) is 2.75. The van der Waals surface area contributed by atoms with Gasteiger partial charge in [0.05, 0.1) is 7.05 Å². The van der Waals surface area contributed by atoms with E-state index in [1.165, 1.54) is 5.39 Å². The van der Waals surface area contributed by atoms with Gasteiger partial charge in [-0.3, -0.25) is 4.79 Å². The highest BCUT2D eigenvalue weighted by molar-refractivity contribution is 5.96. The molecule has 1 heterocycles.